The number of nitrogens with one attached hydrogen (secondary N) is 1. The lowest BCUT2D eigenvalue weighted by Crippen LogP contribution is -2.10. The van der Waals surface area contributed by atoms with Gasteiger partial charge in [-0.15, -0.1) is 20.4 Å². The lowest BCUT2D eigenvalue weighted by molar-refractivity contribution is 0.711. The number of hydrogen-bond donors (Lipinski definition) is 1. The maximum Gasteiger partial charge on any atom is 0.289 e. The zero-order valence-corrected chi connectivity index (χ0v) is 13.1. The van der Waals surface area contributed by atoms with Gasteiger partial charge in [0.1, 0.15) is 0 Å². The zero-order chi connectivity index (χ0) is 16.2. The largest absolute Gasteiger partial charge is 0.289 e. The standard InChI is InChI=1S/C15H16N8/c1-10-4-6-13(7-5-10)9-16-17-14-18-20-15(21-19-14)23-12(3)8-11(2)22-23/h4-9H,1-3H3,(H,17,18,19)/b16-9+. The van der Waals surface area contributed by atoms with Crippen LogP contribution in [0.3, 0.4) is 0 Å². The highest BCUT2D eigenvalue weighted by atomic mass is 15.5. The van der Waals surface area contributed by atoms with Crippen LogP contribution in [0, 0.1) is 20.8 Å². The fraction of sp³-hybridized carbons (Fsp3) is 0.200. The van der Waals surface area contributed by atoms with Crippen molar-refractivity contribution in [2.24, 2.45) is 5.10 Å². The van der Waals surface area contributed by atoms with Crippen LogP contribution in [0.2, 0.25) is 0 Å². The van der Waals surface area contributed by atoms with Gasteiger partial charge in [0.25, 0.3) is 11.9 Å². The number of benzene rings is 1. The van der Waals surface area contributed by atoms with Crippen molar-refractivity contribution in [1.29, 1.82) is 0 Å². The highest BCUT2D eigenvalue weighted by Crippen LogP contribution is 2.06. The summed E-state index contributed by atoms with van der Waals surface area (Å²) in [6.07, 6.45) is 1.68. The van der Waals surface area contributed by atoms with Crippen LogP contribution in [-0.2, 0) is 0 Å². The molecule has 1 aromatic carbocycles. The van der Waals surface area contributed by atoms with E-state index in [1.54, 1.807) is 10.9 Å². The Kier molecular flexibility index (Phi) is 4.05. The monoisotopic (exact) mass is 308 g/mol. The predicted molar refractivity (Wildman–Crippen MR) is 86.6 cm³/mol. The van der Waals surface area contributed by atoms with Gasteiger partial charge in [-0.05, 0) is 32.4 Å². The molecule has 23 heavy (non-hydrogen) atoms. The summed E-state index contributed by atoms with van der Waals surface area (Å²) in [5.74, 6) is 0.544. The molecule has 0 radical (unpaired) electrons. The van der Waals surface area contributed by atoms with E-state index in [4.69, 9.17) is 0 Å². The van der Waals surface area contributed by atoms with Crippen molar-refractivity contribution in [3.8, 4) is 5.95 Å². The molecule has 0 bridgehead atoms. The van der Waals surface area contributed by atoms with Crippen molar-refractivity contribution < 1.29 is 0 Å². The Labute approximate surface area is 133 Å². The first-order valence-corrected chi connectivity index (χ1v) is 7.08. The quantitative estimate of drug-likeness (QED) is 0.583. The summed E-state index contributed by atoms with van der Waals surface area (Å²) < 4.78 is 1.59. The smallest absolute Gasteiger partial charge is 0.243 e. The fourth-order valence-electron chi connectivity index (χ4n) is 2.00. The third-order valence-corrected chi connectivity index (χ3v) is 3.12. The van der Waals surface area contributed by atoms with E-state index in [1.165, 1.54) is 5.56 Å². The van der Waals surface area contributed by atoms with Gasteiger partial charge in [-0.3, -0.25) is 0 Å². The second-order valence-corrected chi connectivity index (χ2v) is 5.14. The molecule has 3 rings (SSSR count). The first kappa shape index (κ1) is 14.8. The average Bonchev–Trinajstić information content (AvgIpc) is 2.89. The molecule has 3 aromatic rings. The molecule has 116 valence electrons. The molecule has 0 aliphatic carbocycles. The Morgan fingerprint density at radius 3 is 2.30 bits per heavy atom. The Morgan fingerprint density at radius 2 is 1.70 bits per heavy atom. The minimum absolute atomic E-state index is 0.221. The fourth-order valence-corrected chi connectivity index (χ4v) is 2.00. The summed E-state index contributed by atoms with van der Waals surface area (Å²) in [7, 11) is 0. The van der Waals surface area contributed by atoms with Gasteiger partial charge < -0.3 is 0 Å². The Morgan fingerprint density at radius 1 is 1.00 bits per heavy atom. The van der Waals surface area contributed by atoms with E-state index >= 15 is 0 Å². The van der Waals surface area contributed by atoms with Gasteiger partial charge in [0.2, 0.25) is 0 Å². The van der Waals surface area contributed by atoms with E-state index in [9.17, 15) is 0 Å². The molecule has 0 aliphatic heterocycles. The molecule has 2 aromatic heterocycles. The number of rotatable bonds is 4. The van der Waals surface area contributed by atoms with Crippen molar-refractivity contribution in [1.82, 2.24) is 30.2 Å². The molecule has 8 nitrogen and oxygen atoms in total. The molecule has 0 aliphatic rings. The Bertz CT molecular complexity index is 818. The van der Waals surface area contributed by atoms with Crippen LogP contribution in [0.5, 0.6) is 0 Å². The van der Waals surface area contributed by atoms with Crippen molar-refractivity contribution in [3.63, 3.8) is 0 Å². The van der Waals surface area contributed by atoms with Gasteiger partial charge in [-0.1, -0.05) is 29.8 Å². The first-order valence-electron chi connectivity index (χ1n) is 7.08. The third kappa shape index (κ3) is 3.54. The predicted octanol–water partition coefficient (Wildman–Crippen LogP) is 1.82. The van der Waals surface area contributed by atoms with Gasteiger partial charge >= 0.3 is 0 Å². The van der Waals surface area contributed by atoms with Gasteiger partial charge in [-0.25, -0.2) is 10.1 Å². The summed E-state index contributed by atoms with van der Waals surface area (Å²) >= 11 is 0. The van der Waals surface area contributed by atoms with Crippen LogP contribution >= 0.6 is 0 Å². The zero-order valence-electron chi connectivity index (χ0n) is 13.1. The van der Waals surface area contributed by atoms with Crippen LogP contribution in [0.15, 0.2) is 35.4 Å². The molecule has 0 saturated carbocycles. The van der Waals surface area contributed by atoms with Crippen molar-refractivity contribution >= 4 is 12.2 Å². The molecule has 2 heterocycles. The number of hydrogen-bond acceptors (Lipinski definition) is 7. The van der Waals surface area contributed by atoms with E-state index in [2.05, 4.69) is 36.0 Å². The SMILES string of the molecule is Cc1ccc(/C=N/Nc2nnc(-n3nc(C)cc3C)nn2)cc1. The Hall–Kier alpha value is -3.16. The lowest BCUT2D eigenvalue weighted by atomic mass is 10.2. The van der Waals surface area contributed by atoms with Gasteiger partial charge in [-0.2, -0.15) is 10.2 Å². The lowest BCUT2D eigenvalue weighted by Gasteiger charge is -2.01. The number of aryl methyl sites for hydroxylation is 3. The summed E-state index contributed by atoms with van der Waals surface area (Å²) in [5, 5.41) is 24.2. The van der Waals surface area contributed by atoms with E-state index in [-0.39, 0.29) is 5.95 Å². The first-order chi connectivity index (χ1) is 11.1. The molecule has 0 atom stereocenters. The van der Waals surface area contributed by atoms with Crippen molar-refractivity contribution in [2.75, 3.05) is 5.43 Å². The molecule has 8 heteroatoms. The minimum Gasteiger partial charge on any atom is -0.243 e. The van der Waals surface area contributed by atoms with Gasteiger partial charge in [0.05, 0.1) is 11.9 Å². The van der Waals surface area contributed by atoms with Crippen molar-refractivity contribution in [3.05, 3.63) is 52.8 Å². The van der Waals surface area contributed by atoms with Crippen LogP contribution < -0.4 is 5.43 Å². The molecular weight excluding hydrogens is 292 g/mol. The summed E-state index contributed by atoms with van der Waals surface area (Å²) in [4.78, 5) is 0. The normalized spacial score (nSPS) is 11.1. The molecule has 0 unspecified atom stereocenters. The second-order valence-electron chi connectivity index (χ2n) is 5.14. The van der Waals surface area contributed by atoms with E-state index in [0.717, 1.165) is 17.0 Å². The maximum absolute atomic E-state index is 4.28. The van der Waals surface area contributed by atoms with Crippen molar-refractivity contribution in [2.45, 2.75) is 20.8 Å². The summed E-state index contributed by atoms with van der Waals surface area (Å²) in [6, 6.07) is 9.92. The highest BCUT2D eigenvalue weighted by Gasteiger charge is 2.07. The topological polar surface area (TPSA) is 93.8 Å². The average molecular weight is 308 g/mol. The summed E-state index contributed by atoms with van der Waals surface area (Å²) in [6.45, 7) is 5.86. The number of hydrazone groups is 1. The number of anilines is 1. The van der Waals surface area contributed by atoms with Crippen LogP contribution in [0.25, 0.3) is 5.95 Å². The van der Waals surface area contributed by atoms with E-state index in [0.29, 0.717) is 5.95 Å². The molecule has 0 fully saturated rings. The van der Waals surface area contributed by atoms with E-state index in [1.807, 2.05) is 51.1 Å². The number of aromatic nitrogens is 6. The summed E-state index contributed by atoms with van der Waals surface area (Å²) in [5.41, 5.74) is 6.68. The second kappa shape index (κ2) is 6.30. The molecule has 0 saturated heterocycles. The maximum atomic E-state index is 4.28. The van der Waals surface area contributed by atoms with Gasteiger partial charge in [0.15, 0.2) is 0 Å². The highest BCUT2D eigenvalue weighted by molar-refractivity contribution is 5.79. The van der Waals surface area contributed by atoms with Crippen LogP contribution in [0.1, 0.15) is 22.5 Å². The molecule has 0 amide bonds. The molecular formula is C15H16N8. The minimum atomic E-state index is 0.221. The van der Waals surface area contributed by atoms with E-state index < -0.39 is 0 Å². The van der Waals surface area contributed by atoms with Gasteiger partial charge in [0, 0.05) is 5.69 Å². The molecule has 1 N–H and O–H groups in total. The Balaban J connectivity index is 1.68. The molecule has 0 spiro atoms. The number of nitrogens with zero attached hydrogens (tertiary/aromatic N) is 7. The third-order valence-electron chi connectivity index (χ3n) is 3.12. The van der Waals surface area contributed by atoms with Crippen LogP contribution in [0.4, 0.5) is 5.95 Å². The van der Waals surface area contributed by atoms with Crippen LogP contribution in [-0.4, -0.2) is 36.4 Å².